The molecule has 3 aromatic rings. The van der Waals surface area contributed by atoms with Crippen LogP contribution in [0.1, 0.15) is 15.9 Å². The Labute approximate surface area is 140 Å². The average molecular weight is 322 g/mol. The highest BCUT2D eigenvalue weighted by Crippen LogP contribution is 2.27. The molecule has 2 nitrogen and oxygen atoms in total. The van der Waals surface area contributed by atoms with Gasteiger partial charge in [-0.05, 0) is 53.9 Å². The van der Waals surface area contributed by atoms with Crippen molar-refractivity contribution in [3.8, 4) is 11.1 Å². The molecule has 0 heterocycles. The van der Waals surface area contributed by atoms with E-state index in [4.69, 9.17) is 11.6 Å². The van der Waals surface area contributed by atoms with E-state index in [9.17, 15) is 4.79 Å². The number of anilines is 1. The lowest BCUT2D eigenvalue weighted by atomic mass is 10.0. The molecule has 0 unspecified atom stereocenters. The summed E-state index contributed by atoms with van der Waals surface area (Å²) in [5.41, 5.74) is 4.49. The molecule has 114 valence electrons. The van der Waals surface area contributed by atoms with Crippen molar-refractivity contribution >= 4 is 23.2 Å². The SMILES string of the molecule is Cc1ccc(-c2cccc(Cl)c2)cc1NC(=O)c1ccccc1. The van der Waals surface area contributed by atoms with Crippen LogP contribution in [0.2, 0.25) is 5.02 Å². The summed E-state index contributed by atoms with van der Waals surface area (Å²) in [6.07, 6.45) is 0. The Bertz CT molecular complexity index is 843. The van der Waals surface area contributed by atoms with E-state index in [-0.39, 0.29) is 5.91 Å². The van der Waals surface area contributed by atoms with E-state index in [1.165, 1.54) is 0 Å². The van der Waals surface area contributed by atoms with Gasteiger partial charge in [-0.15, -0.1) is 0 Å². The van der Waals surface area contributed by atoms with Crippen LogP contribution in [0, 0.1) is 6.92 Å². The molecule has 0 saturated heterocycles. The first-order valence-corrected chi connectivity index (χ1v) is 7.74. The van der Waals surface area contributed by atoms with Gasteiger partial charge < -0.3 is 5.32 Å². The molecule has 1 amide bonds. The minimum absolute atomic E-state index is 0.114. The fraction of sp³-hybridized carbons (Fsp3) is 0.0500. The number of halogens is 1. The van der Waals surface area contributed by atoms with Gasteiger partial charge in [-0.3, -0.25) is 4.79 Å². The molecular formula is C20H16ClNO. The number of nitrogens with one attached hydrogen (secondary N) is 1. The lowest BCUT2D eigenvalue weighted by molar-refractivity contribution is 0.102. The van der Waals surface area contributed by atoms with Gasteiger partial charge in [0.05, 0.1) is 0 Å². The first-order valence-electron chi connectivity index (χ1n) is 7.36. The van der Waals surface area contributed by atoms with Gasteiger partial charge in [0, 0.05) is 16.3 Å². The fourth-order valence-electron chi connectivity index (χ4n) is 2.39. The van der Waals surface area contributed by atoms with Crippen molar-refractivity contribution in [3.05, 3.63) is 88.9 Å². The van der Waals surface area contributed by atoms with Crippen molar-refractivity contribution in [3.63, 3.8) is 0 Å². The van der Waals surface area contributed by atoms with E-state index in [2.05, 4.69) is 5.32 Å². The van der Waals surface area contributed by atoms with Crippen LogP contribution in [-0.4, -0.2) is 5.91 Å². The average Bonchev–Trinajstić information content (AvgIpc) is 2.57. The third kappa shape index (κ3) is 3.61. The van der Waals surface area contributed by atoms with E-state index >= 15 is 0 Å². The van der Waals surface area contributed by atoms with Crippen molar-refractivity contribution < 1.29 is 4.79 Å². The zero-order chi connectivity index (χ0) is 16.2. The summed E-state index contributed by atoms with van der Waals surface area (Å²) in [6.45, 7) is 1.97. The molecule has 0 aliphatic carbocycles. The topological polar surface area (TPSA) is 29.1 Å². The van der Waals surface area contributed by atoms with Crippen LogP contribution in [0.25, 0.3) is 11.1 Å². The number of hydrogen-bond acceptors (Lipinski definition) is 1. The minimum atomic E-state index is -0.114. The van der Waals surface area contributed by atoms with Gasteiger partial charge >= 0.3 is 0 Å². The number of aryl methyl sites for hydroxylation is 1. The first-order chi connectivity index (χ1) is 11.1. The number of rotatable bonds is 3. The summed E-state index contributed by atoms with van der Waals surface area (Å²) in [5.74, 6) is -0.114. The molecule has 23 heavy (non-hydrogen) atoms. The molecule has 0 radical (unpaired) electrons. The van der Waals surface area contributed by atoms with E-state index in [1.807, 2.05) is 67.6 Å². The second-order valence-corrected chi connectivity index (χ2v) is 5.80. The Balaban J connectivity index is 1.91. The number of benzene rings is 3. The number of amides is 1. The summed E-state index contributed by atoms with van der Waals surface area (Å²) >= 11 is 6.06. The first kappa shape index (κ1) is 15.3. The normalized spacial score (nSPS) is 10.3. The summed E-state index contributed by atoms with van der Waals surface area (Å²) in [7, 11) is 0. The van der Waals surface area contributed by atoms with Gasteiger partial charge in [0.15, 0.2) is 0 Å². The number of carbonyl (C=O) groups is 1. The Morgan fingerprint density at radius 2 is 1.61 bits per heavy atom. The molecule has 3 aromatic carbocycles. The van der Waals surface area contributed by atoms with Gasteiger partial charge in [0.1, 0.15) is 0 Å². The summed E-state index contributed by atoms with van der Waals surface area (Å²) in [5, 5.41) is 3.67. The summed E-state index contributed by atoms with van der Waals surface area (Å²) in [6, 6.07) is 22.9. The van der Waals surface area contributed by atoms with Crippen LogP contribution in [0.5, 0.6) is 0 Å². The highest BCUT2D eigenvalue weighted by molar-refractivity contribution is 6.30. The quantitative estimate of drug-likeness (QED) is 0.671. The molecular weight excluding hydrogens is 306 g/mol. The maximum Gasteiger partial charge on any atom is 0.255 e. The Morgan fingerprint density at radius 3 is 2.35 bits per heavy atom. The molecule has 1 N–H and O–H groups in total. The second kappa shape index (κ2) is 6.67. The lowest BCUT2D eigenvalue weighted by Gasteiger charge is -2.11. The highest BCUT2D eigenvalue weighted by Gasteiger charge is 2.08. The zero-order valence-electron chi connectivity index (χ0n) is 12.7. The molecule has 0 bridgehead atoms. The van der Waals surface area contributed by atoms with Crippen LogP contribution in [0.15, 0.2) is 72.8 Å². The van der Waals surface area contributed by atoms with Crippen LogP contribution in [0.4, 0.5) is 5.69 Å². The van der Waals surface area contributed by atoms with Crippen molar-refractivity contribution in [1.82, 2.24) is 0 Å². The molecule has 0 fully saturated rings. The van der Waals surface area contributed by atoms with Crippen molar-refractivity contribution in [1.29, 1.82) is 0 Å². The van der Waals surface area contributed by atoms with Gasteiger partial charge in [0.25, 0.3) is 5.91 Å². The van der Waals surface area contributed by atoms with Gasteiger partial charge in [-0.25, -0.2) is 0 Å². The molecule has 0 atom stereocenters. The Kier molecular flexibility index (Phi) is 4.45. The third-order valence-electron chi connectivity index (χ3n) is 3.68. The predicted molar refractivity (Wildman–Crippen MR) is 96.0 cm³/mol. The monoisotopic (exact) mass is 321 g/mol. The fourth-order valence-corrected chi connectivity index (χ4v) is 2.58. The van der Waals surface area contributed by atoms with Crippen molar-refractivity contribution in [2.75, 3.05) is 5.32 Å². The Morgan fingerprint density at radius 1 is 0.870 bits per heavy atom. The number of hydrogen-bond donors (Lipinski definition) is 1. The van der Waals surface area contributed by atoms with E-state index in [0.717, 1.165) is 22.4 Å². The largest absolute Gasteiger partial charge is 0.322 e. The molecule has 0 aromatic heterocycles. The maximum atomic E-state index is 12.3. The van der Waals surface area contributed by atoms with E-state index in [1.54, 1.807) is 12.1 Å². The van der Waals surface area contributed by atoms with Gasteiger partial charge in [0.2, 0.25) is 0 Å². The summed E-state index contributed by atoms with van der Waals surface area (Å²) in [4.78, 5) is 12.3. The molecule has 3 heteroatoms. The molecule has 3 rings (SSSR count). The standard InChI is InChI=1S/C20H16ClNO/c1-14-10-11-17(16-8-5-9-18(21)12-16)13-19(14)22-20(23)15-6-3-2-4-7-15/h2-13H,1H3,(H,22,23). The highest BCUT2D eigenvalue weighted by atomic mass is 35.5. The molecule has 0 aliphatic rings. The van der Waals surface area contributed by atoms with Crippen molar-refractivity contribution in [2.24, 2.45) is 0 Å². The zero-order valence-corrected chi connectivity index (χ0v) is 13.5. The smallest absolute Gasteiger partial charge is 0.255 e. The van der Waals surface area contributed by atoms with Gasteiger partial charge in [-0.1, -0.05) is 54.1 Å². The van der Waals surface area contributed by atoms with E-state index < -0.39 is 0 Å². The predicted octanol–water partition coefficient (Wildman–Crippen LogP) is 5.57. The third-order valence-corrected chi connectivity index (χ3v) is 3.91. The van der Waals surface area contributed by atoms with Crippen LogP contribution < -0.4 is 5.32 Å². The molecule has 0 aliphatic heterocycles. The molecule has 0 spiro atoms. The summed E-state index contributed by atoms with van der Waals surface area (Å²) < 4.78 is 0. The number of carbonyl (C=O) groups excluding carboxylic acids is 1. The van der Waals surface area contributed by atoms with Crippen LogP contribution in [0.3, 0.4) is 0 Å². The lowest BCUT2D eigenvalue weighted by Crippen LogP contribution is -2.12. The van der Waals surface area contributed by atoms with Crippen molar-refractivity contribution in [2.45, 2.75) is 6.92 Å². The molecule has 0 saturated carbocycles. The second-order valence-electron chi connectivity index (χ2n) is 5.36. The minimum Gasteiger partial charge on any atom is -0.322 e. The van der Waals surface area contributed by atoms with Gasteiger partial charge in [-0.2, -0.15) is 0 Å². The Hall–Kier alpha value is -2.58. The van der Waals surface area contributed by atoms with Crippen LogP contribution >= 0.6 is 11.6 Å². The van der Waals surface area contributed by atoms with E-state index in [0.29, 0.717) is 10.6 Å². The maximum absolute atomic E-state index is 12.3. The van der Waals surface area contributed by atoms with Crippen LogP contribution in [-0.2, 0) is 0 Å².